The van der Waals surface area contributed by atoms with Gasteiger partial charge in [-0.15, -0.1) is 0 Å². The minimum Gasteiger partial charge on any atom is -0.469 e. The molecule has 3 nitrogen and oxygen atoms in total. The van der Waals surface area contributed by atoms with E-state index in [1.165, 1.54) is 6.07 Å². The van der Waals surface area contributed by atoms with E-state index in [0.717, 1.165) is 12.2 Å². The van der Waals surface area contributed by atoms with E-state index in [1.54, 1.807) is 18.4 Å². The lowest BCUT2D eigenvalue weighted by Crippen LogP contribution is -2.18. The number of rotatable bonds is 5. The third kappa shape index (κ3) is 3.54. The van der Waals surface area contributed by atoms with Gasteiger partial charge in [0, 0.05) is 23.7 Å². The van der Waals surface area contributed by atoms with E-state index in [-0.39, 0.29) is 16.6 Å². The van der Waals surface area contributed by atoms with Gasteiger partial charge in [-0.2, -0.15) is 0 Å². The summed E-state index contributed by atoms with van der Waals surface area (Å²) in [5, 5.41) is 3.20. The molecular weight excluding hydrogens is 263 g/mol. The van der Waals surface area contributed by atoms with E-state index in [2.05, 4.69) is 5.32 Å². The van der Waals surface area contributed by atoms with Crippen LogP contribution in [0.25, 0.3) is 0 Å². The molecule has 0 aliphatic carbocycles. The van der Waals surface area contributed by atoms with Crippen molar-refractivity contribution >= 4 is 22.9 Å². The Morgan fingerprint density at radius 3 is 2.84 bits per heavy atom. The summed E-state index contributed by atoms with van der Waals surface area (Å²) in [5.74, 6) is 0.475. The smallest absolute Gasteiger partial charge is 0.135 e. The van der Waals surface area contributed by atoms with Crippen molar-refractivity contribution in [3.63, 3.8) is 0 Å². The van der Waals surface area contributed by atoms with Crippen LogP contribution in [0.4, 0.5) is 10.1 Å². The molecule has 19 heavy (non-hydrogen) atoms. The van der Waals surface area contributed by atoms with Gasteiger partial charge >= 0.3 is 0 Å². The van der Waals surface area contributed by atoms with Crippen molar-refractivity contribution < 1.29 is 8.81 Å². The molecule has 100 valence electrons. The summed E-state index contributed by atoms with van der Waals surface area (Å²) in [6.45, 7) is 2.00. The minimum atomic E-state index is -0.414. The molecule has 5 heteroatoms. The van der Waals surface area contributed by atoms with Crippen LogP contribution >= 0.6 is 12.2 Å². The molecular formula is C14H15FN2OS. The quantitative estimate of drug-likeness (QED) is 0.825. The monoisotopic (exact) mass is 278 g/mol. The molecule has 1 aromatic carbocycles. The lowest BCUT2D eigenvalue weighted by molar-refractivity contribution is 0.497. The first-order valence-electron chi connectivity index (χ1n) is 5.94. The SMILES string of the molecule is CC(Cc1ccco1)Nc1ccc(C(N)=S)c(F)c1. The van der Waals surface area contributed by atoms with Crippen molar-refractivity contribution in [1.29, 1.82) is 0 Å². The van der Waals surface area contributed by atoms with Gasteiger partial charge in [-0.05, 0) is 37.3 Å². The highest BCUT2D eigenvalue weighted by Gasteiger charge is 2.09. The number of nitrogens with two attached hydrogens (primary N) is 1. The first-order valence-corrected chi connectivity index (χ1v) is 6.35. The fraction of sp³-hybridized carbons (Fsp3) is 0.214. The van der Waals surface area contributed by atoms with Crippen LogP contribution in [0.1, 0.15) is 18.2 Å². The molecule has 1 heterocycles. The zero-order valence-electron chi connectivity index (χ0n) is 10.5. The normalized spacial score (nSPS) is 12.1. The maximum atomic E-state index is 13.7. The average Bonchev–Trinajstić information content (AvgIpc) is 2.81. The van der Waals surface area contributed by atoms with E-state index >= 15 is 0 Å². The van der Waals surface area contributed by atoms with Gasteiger partial charge in [0.25, 0.3) is 0 Å². The van der Waals surface area contributed by atoms with Crippen LogP contribution in [0.5, 0.6) is 0 Å². The Labute approximate surface area is 116 Å². The van der Waals surface area contributed by atoms with Gasteiger partial charge in [-0.1, -0.05) is 12.2 Å². The Balaban J connectivity index is 2.03. The van der Waals surface area contributed by atoms with Crippen molar-refractivity contribution in [2.24, 2.45) is 5.73 Å². The van der Waals surface area contributed by atoms with E-state index in [1.807, 2.05) is 19.1 Å². The molecule has 2 aromatic rings. The fourth-order valence-electron chi connectivity index (χ4n) is 1.87. The van der Waals surface area contributed by atoms with Crippen LogP contribution in [0.3, 0.4) is 0 Å². The van der Waals surface area contributed by atoms with Crippen LogP contribution in [-0.2, 0) is 6.42 Å². The Kier molecular flexibility index (Phi) is 4.16. The molecule has 1 aromatic heterocycles. The van der Waals surface area contributed by atoms with Gasteiger partial charge in [-0.3, -0.25) is 0 Å². The van der Waals surface area contributed by atoms with Crippen LogP contribution in [0.15, 0.2) is 41.0 Å². The number of furan rings is 1. The second-order valence-corrected chi connectivity index (χ2v) is 4.83. The zero-order valence-corrected chi connectivity index (χ0v) is 11.3. The van der Waals surface area contributed by atoms with Gasteiger partial charge in [0.1, 0.15) is 16.6 Å². The molecule has 0 amide bonds. The Hall–Kier alpha value is -1.88. The Bertz CT molecular complexity index is 569. The summed E-state index contributed by atoms with van der Waals surface area (Å²) in [6.07, 6.45) is 2.37. The Morgan fingerprint density at radius 2 is 2.26 bits per heavy atom. The highest BCUT2D eigenvalue weighted by atomic mass is 32.1. The second kappa shape index (κ2) is 5.84. The molecule has 0 aliphatic rings. The standard InChI is InChI=1S/C14H15FN2OS/c1-9(7-11-3-2-6-18-11)17-10-4-5-12(14(16)19)13(15)8-10/h2-6,8-9,17H,7H2,1H3,(H2,16,19). The molecule has 0 saturated carbocycles. The predicted molar refractivity (Wildman–Crippen MR) is 77.8 cm³/mol. The topological polar surface area (TPSA) is 51.2 Å². The summed E-state index contributed by atoms with van der Waals surface area (Å²) in [6, 6.07) is 8.62. The summed E-state index contributed by atoms with van der Waals surface area (Å²) < 4.78 is 19.0. The number of nitrogens with one attached hydrogen (secondary N) is 1. The third-order valence-corrected chi connectivity index (χ3v) is 2.95. The summed E-state index contributed by atoms with van der Waals surface area (Å²) in [7, 11) is 0. The molecule has 3 N–H and O–H groups in total. The molecule has 0 spiro atoms. The van der Waals surface area contributed by atoms with Gasteiger partial charge < -0.3 is 15.5 Å². The summed E-state index contributed by atoms with van der Waals surface area (Å²) in [5.41, 5.74) is 6.37. The van der Waals surface area contributed by atoms with E-state index < -0.39 is 5.82 Å². The number of hydrogen-bond acceptors (Lipinski definition) is 3. The molecule has 2 rings (SSSR count). The van der Waals surface area contributed by atoms with Gasteiger partial charge in [-0.25, -0.2) is 4.39 Å². The maximum Gasteiger partial charge on any atom is 0.135 e. The van der Waals surface area contributed by atoms with E-state index in [0.29, 0.717) is 5.69 Å². The van der Waals surface area contributed by atoms with Crippen molar-refractivity contribution in [3.05, 3.63) is 53.7 Å². The highest BCUT2D eigenvalue weighted by molar-refractivity contribution is 7.80. The third-order valence-electron chi connectivity index (χ3n) is 2.74. The molecule has 0 radical (unpaired) electrons. The second-order valence-electron chi connectivity index (χ2n) is 4.39. The number of thiocarbonyl (C=S) groups is 1. The molecule has 0 aliphatic heterocycles. The fourth-order valence-corrected chi connectivity index (χ4v) is 2.04. The lowest BCUT2D eigenvalue weighted by atomic mass is 10.1. The average molecular weight is 278 g/mol. The van der Waals surface area contributed by atoms with E-state index in [9.17, 15) is 4.39 Å². The highest BCUT2D eigenvalue weighted by Crippen LogP contribution is 2.16. The van der Waals surface area contributed by atoms with Gasteiger partial charge in [0.15, 0.2) is 0 Å². The molecule has 1 atom stereocenters. The van der Waals surface area contributed by atoms with Crippen LogP contribution in [0.2, 0.25) is 0 Å². The summed E-state index contributed by atoms with van der Waals surface area (Å²) in [4.78, 5) is 0.0627. The first-order chi connectivity index (χ1) is 9.06. The largest absolute Gasteiger partial charge is 0.469 e. The van der Waals surface area contributed by atoms with Crippen molar-refractivity contribution in [1.82, 2.24) is 0 Å². The number of halogens is 1. The lowest BCUT2D eigenvalue weighted by Gasteiger charge is -2.14. The number of anilines is 1. The zero-order chi connectivity index (χ0) is 13.8. The minimum absolute atomic E-state index is 0.0627. The molecule has 0 fully saturated rings. The number of benzene rings is 1. The van der Waals surface area contributed by atoms with Crippen LogP contribution in [0, 0.1) is 5.82 Å². The number of hydrogen-bond donors (Lipinski definition) is 2. The van der Waals surface area contributed by atoms with Crippen molar-refractivity contribution in [2.75, 3.05) is 5.32 Å². The van der Waals surface area contributed by atoms with E-state index in [4.69, 9.17) is 22.4 Å². The summed E-state index contributed by atoms with van der Waals surface area (Å²) >= 11 is 4.76. The van der Waals surface area contributed by atoms with Crippen LogP contribution in [-0.4, -0.2) is 11.0 Å². The van der Waals surface area contributed by atoms with Crippen molar-refractivity contribution in [3.8, 4) is 0 Å². The molecule has 1 unspecified atom stereocenters. The maximum absolute atomic E-state index is 13.7. The molecule has 0 saturated heterocycles. The first kappa shape index (κ1) is 13.5. The predicted octanol–water partition coefficient (Wildman–Crippen LogP) is 3.10. The van der Waals surface area contributed by atoms with Gasteiger partial charge in [0.05, 0.1) is 6.26 Å². The Morgan fingerprint density at radius 1 is 1.47 bits per heavy atom. The van der Waals surface area contributed by atoms with Crippen LogP contribution < -0.4 is 11.1 Å². The van der Waals surface area contributed by atoms with Crippen molar-refractivity contribution in [2.45, 2.75) is 19.4 Å². The molecule has 0 bridgehead atoms. The van der Waals surface area contributed by atoms with Gasteiger partial charge in [0.2, 0.25) is 0 Å².